The van der Waals surface area contributed by atoms with Gasteiger partial charge in [-0.3, -0.25) is 4.90 Å². The molecule has 0 saturated heterocycles. The zero-order valence-electron chi connectivity index (χ0n) is 10.8. The van der Waals surface area contributed by atoms with E-state index in [-0.39, 0.29) is 0 Å². The highest BCUT2D eigenvalue weighted by Gasteiger charge is 2.18. The van der Waals surface area contributed by atoms with Crippen molar-refractivity contribution in [3.63, 3.8) is 0 Å². The van der Waals surface area contributed by atoms with Gasteiger partial charge in [-0.1, -0.05) is 5.16 Å². The summed E-state index contributed by atoms with van der Waals surface area (Å²) in [6, 6.07) is 1.96. The van der Waals surface area contributed by atoms with E-state index in [1.807, 2.05) is 28.8 Å². The molecule has 0 unspecified atom stereocenters. The molecule has 0 aliphatic rings. The Bertz CT molecular complexity index is 488. The van der Waals surface area contributed by atoms with Gasteiger partial charge < -0.3 is 9.63 Å². The molecule has 98 valence electrons. The van der Waals surface area contributed by atoms with Gasteiger partial charge in [0, 0.05) is 17.5 Å². The quantitative estimate of drug-likeness (QED) is 0.897. The van der Waals surface area contributed by atoms with Crippen molar-refractivity contribution in [1.29, 1.82) is 0 Å². The third-order valence-corrected chi connectivity index (χ3v) is 2.99. The van der Waals surface area contributed by atoms with E-state index in [0.717, 1.165) is 5.56 Å². The molecule has 0 atom stereocenters. The minimum atomic E-state index is -0.731. The largest absolute Gasteiger partial charge is 0.389 e. The Kier molecular flexibility index (Phi) is 3.79. The van der Waals surface area contributed by atoms with Crippen molar-refractivity contribution in [1.82, 2.24) is 15.0 Å². The van der Waals surface area contributed by atoms with E-state index < -0.39 is 5.60 Å². The van der Waals surface area contributed by atoms with Gasteiger partial charge in [0.1, 0.15) is 0 Å². The highest BCUT2D eigenvalue weighted by Crippen LogP contribution is 2.19. The normalized spacial score (nSPS) is 12.3. The molecule has 0 aliphatic heterocycles. The van der Waals surface area contributed by atoms with E-state index in [1.165, 1.54) is 0 Å². The van der Waals surface area contributed by atoms with Crippen LogP contribution in [0.25, 0.3) is 11.4 Å². The van der Waals surface area contributed by atoms with Crippen LogP contribution in [0.2, 0.25) is 0 Å². The fraction of sp³-hybridized carbons (Fsp3) is 0.500. The summed E-state index contributed by atoms with van der Waals surface area (Å²) in [5, 5.41) is 17.6. The minimum absolute atomic E-state index is 0.529. The molecule has 2 heterocycles. The Labute approximate surface area is 110 Å². The molecule has 2 rings (SSSR count). The highest BCUT2D eigenvalue weighted by atomic mass is 32.1. The Morgan fingerprint density at radius 3 is 2.89 bits per heavy atom. The van der Waals surface area contributed by atoms with Crippen molar-refractivity contribution in [2.24, 2.45) is 0 Å². The summed E-state index contributed by atoms with van der Waals surface area (Å²) in [5.74, 6) is 1.17. The molecular formula is C12H17N3O2S. The van der Waals surface area contributed by atoms with Gasteiger partial charge in [0.15, 0.2) is 0 Å². The van der Waals surface area contributed by atoms with Gasteiger partial charge in [0.25, 0.3) is 0 Å². The van der Waals surface area contributed by atoms with Crippen LogP contribution in [-0.4, -0.2) is 39.3 Å². The van der Waals surface area contributed by atoms with E-state index >= 15 is 0 Å². The van der Waals surface area contributed by atoms with Crippen LogP contribution >= 0.6 is 11.3 Å². The lowest BCUT2D eigenvalue weighted by atomic mass is 10.1. The van der Waals surface area contributed by atoms with Gasteiger partial charge in [0.2, 0.25) is 11.7 Å². The maximum absolute atomic E-state index is 9.71. The Morgan fingerprint density at radius 2 is 2.28 bits per heavy atom. The van der Waals surface area contributed by atoms with Crippen LogP contribution in [0.15, 0.2) is 21.3 Å². The average molecular weight is 267 g/mol. The van der Waals surface area contributed by atoms with Gasteiger partial charge >= 0.3 is 0 Å². The van der Waals surface area contributed by atoms with Crippen LogP contribution in [0.3, 0.4) is 0 Å². The van der Waals surface area contributed by atoms with E-state index in [9.17, 15) is 5.11 Å². The van der Waals surface area contributed by atoms with Crippen molar-refractivity contribution in [3.8, 4) is 11.4 Å². The summed E-state index contributed by atoms with van der Waals surface area (Å²) >= 11 is 1.60. The first-order valence-electron chi connectivity index (χ1n) is 5.70. The third kappa shape index (κ3) is 3.63. The number of hydrogen-bond acceptors (Lipinski definition) is 6. The molecule has 0 aliphatic carbocycles. The van der Waals surface area contributed by atoms with Crippen LogP contribution in [0.1, 0.15) is 19.7 Å². The van der Waals surface area contributed by atoms with Gasteiger partial charge in [-0.15, -0.1) is 0 Å². The van der Waals surface area contributed by atoms with Crippen LogP contribution in [0, 0.1) is 0 Å². The first kappa shape index (κ1) is 13.2. The van der Waals surface area contributed by atoms with Crippen LogP contribution in [0.5, 0.6) is 0 Å². The summed E-state index contributed by atoms with van der Waals surface area (Å²) in [5.41, 5.74) is 0.241. The molecule has 0 saturated carbocycles. The predicted octanol–water partition coefficient (Wildman–Crippen LogP) is 2.00. The Morgan fingerprint density at radius 1 is 1.50 bits per heavy atom. The Hall–Kier alpha value is -1.24. The molecule has 0 fully saturated rings. The first-order chi connectivity index (χ1) is 8.44. The molecule has 0 aromatic carbocycles. The van der Waals surface area contributed by atoms with E-state index in [1.54, 1.807) is 25.2 Å². The number of thiophene rings is 1. The molecular weight excluding hydrogens is 250 g/mol. The second-order valence-electron chi connectivity index (χ2n) is 5.01. The molecule has 0 spiro atoms. The summed E-state index contributed by atoms with van der Waals surface area (Å²) in [6.45, 7) is 4.62. The maximum Gasteiger partial charge on any atom is 0.241 e. The topological polar surface area (TPSA) is 62.4 Å². The van der Waals surface area contributed by atoms with E-state index in [0.29, 0.717) is 24.8 Å². The molecule has 2 aromatic rings. The van der Waals surface area contributed by atoms with E-state index in [2.05, 4.69) is 10.1 Å². The van der Waals surface area contributed by atoms with Crippen molar-refractivity contribution in [2.45, 2.75) is 26.0 Å². The number of rotatable bonds is 5. The van der Waals surface area contributed by atoms with Crippen LogP contribution in [0.4, 0.5) is 0 Å². The van der Waals surface area contributed by atoms with E-state index in [4.69, 9.17) is 4.52 Å². The molecule has 18 heavy (non-hydrogen) atoms. The second kappa shape index (κ2) is 5.17. The zero-order chi connectivity index (χ0) is 13.2. The van der Waals surface area contributed by atoms with Gasteiger partial charge in [-0.25, -0.2) is 0 Å². The third-order valence-electron chi connectivity index (χ3n) is 2.31. The summed E-state index contributed by atoms with van der Waals surface area (Å²) in [7, 11) is 1.91. The lowest BCUT2D eigenvalue weighted by Crippen LogP contribution is -2.35. The standard InChI is InChI=1S/C12H17N3O2S/c1-12(2,16)8-15(3)6-10-13-11(14-17-10)9-4-5-18-7-9/h4-5,7,16H,6,8H2,1-3H3. The van der Waals surface area contributed by atoms with Crippen molar-refractivity contribution in [2.75, 3.05) is 13.6 Å². The summed E-state index contributed by atoms with van der Waals surface area (Å²) < 4.78 is 5.19. The second-order valence-corrected chi connectivity index (χ2v) is 5.79. The monoisotopic (exact) mass is 267 g/mol. The lowest BCUT2D eigenvalue weighted by molar-refractivity contribution is 0.0397. The summed E-state index contributed by atoms with van der Waals surface area (Å²) in [4.78, 5) is 6.28. The molecule has 0 radical (unpaired) electrons. The number of likely N-dealkylation sites (N-methyl/N-ethyl adjacent to an activating group) is 1. The van der Waals surface area contributed by atoms with Gasteiger partial charge in [-0.05, 0) is 32.3 Å². The minimum Gasteiger partial charge on any atom is -0.389 e. The SMILES string of the molecule is CN(Cc1nc(-c2ccsc2)no1)CC(C)(C)O. The number of aromatic nitrogens is 2. The smallest absolute Gasteiger partial charge is 0.241 e. The number of hydrogen-bond donors (Lipinski definition) is 1. The number of aliphatic hydroxyl groups is 1. The van der Waals surface area contributed by atoms with Crippen molar-refractivity contribution < 1.29 is 9.63 Å². The van der Waals surface area contributed by atoms with Crippen LogP contribution < -0.4 is 0 Å². The van der Waals surface area contributed by atoms with Crippen molar-refractivity contribution >= 4 is 11.3 Å². The molecule has 5 nitrogen and oxygen atoms in total. The molecule has 1 N–H and O–H groups in total. The lowest BCUT2D eigenvalue weighted by Gasteiger charge is -2.23. The predicted molar refractivity (Wildman–Crippen MR) is 70.2 cm³/mol. The molecule has 0 amide bonds. The first-order valence-corrected chi connectivity index (χ1v) is 6.64. The van der Waals surface area contributed by atoms with Crippen molar-refractivity contribution in [3.05, 3.63) is 22.7 Å². The number of nitrogens with zero attached hydrogens (tertiary/aromatic N) is 3. The zero-order valence-corrected chi connectivity index (χ0v) is 11.6. The van der Waals surface area contributed by atoms with Crippen LogP contribution in [-0.2, 0) is 6.54 Å². The molecule has 0 bridgehead atoms. The highest BCUT2D eigenvalue weighted by molar-refractivity contribution is 7.08. The fourth-order valence-corrected chi connectivity index (χ4v) is 2.41. The summed E-state index contributed by atoms with van der Waals surface area (Å²) in [6.07, 6.45) is 0. The van der Waals surface area contributed by atoms with Gasteiger partial charge in [0.05, 0.1) is 12.1 Å². The average Bonchev–Trinajstić information content (AvgIpc) is 2.82. The Balaban J connectivity index is 1.99. The maximum atomic E-state index is 9.71. The molecule has 2 aromatic heterocycles. The fourth-order valence-electron chi connectivity index (χ4n) is 1.78. The van der Waals surface area contributed by atoms with Gasteiger partial charge in [-0.2, -0.15) is 16.3 Å². The molecule has 6 heteroatoms.